The Labute approximate surface area is 116 Å². The van der Waals surface area contributed by atoms with Gasteiger partial charge in [0.05, 0.1) is 4.47 Å². The average Bonchev–Trinajstić information content (AvgIpc) is 2.34. The molecule has 0 aliphatic rings. The van der Waals surface area contributed by atoms with Crippen LogP contribution in [-0.2, 0) is 0 Å². The fraction of sp³-hybridized carbons (Fsp3) is 0. The van der Waals surface area contributed by atoms with Crippen molar-refractivity contribution in [3.63, 3.8) is 0 Å². The molecule has 0 saturated heterocycles. The van der Waals surface area contributed by atoms with Gasteiger partial charge in [0.15, 0.2) is 11.6 Å². The van der Waals surface area contributed by atoms with Crippen LogP contribution in [0.4, 0.5) is 8.78 Å². The number of rotatable bonds is 3. The molecule has 0 amide bonds. The standard InChI is InChI=1S/C13H9BrF2N2O/c14-9-6-8(15)2-4-11(9)19-12-3-1-7(13(17)18)5-10(12)16/h1-6H,(H3,17,18). The lowest BCUT2D eigenvalue weighted by atomic mass is 10.2. The van der Waals surface area contributed by atoms with E-state index in [1.54, 1.807) is 0 Å². The van der Waals surface area contributed by atoms with Gasteiger partial charge in [-0.2, -0.15) is 0 Å². The lowest BCUT2D eigenvalue weighted by Crippen LogP contribution is -2.11. The lowest BCUT2D eigenvalue weighted by molar-refractivity contribution is 0.438. The van der Waals surface area contributed by atoms with Crippen molar-refractivity contribution in [1.29, 1.82) is 5.41 Å². The molecule has 0 heterocycles. The van der Waals surface area contributed by atoms with E-state index in [0.717, 1.165) is 6.07 Å². The number of hydrogen-bond acceptors (Lipinski definition) is 2. The van der Waals surface area contributed by atoms with Gasteiger partial charge in [-0.3, -0.25) is 5.41 Å². The van der Waals surface area contributed by atoms with E-state index in [1.807, 2.05) is 0 Å². The van der Waals surface area contributed by atoms with E-state index in [-0.39, 0.29) is 22.9 Å². The molecule has 19 heavy (non-hydrogen) atoms. The van der Waals surface area contributed by atoms with Crippen molar-refractivity contribution in [3.8, 4) is 11.5 Å². The molecule has 0 fully saturated rings. The molecule has 3 nitrogen and oxygen atoms in total. The Morgan fingerprint density at radius 3 is 2.37 bits per heavy atom. The van der Waals surface area contributed by atoms with E-state index in [2.05, 4.69) is 15.9 Å². The zero-order valence-corrected chi connectivity index (χ0v) is 11.2. The second kappa shape index (κ2) is 5.36. The summed E-state index contributed by atoms with van der Waals surface area (Å²) in [5, 5.41) is 7.20. The molecule has 0 saturated carbocycles. The minimum atomic E-state index is -0.649. The molecule has 3 N–H and O–H groups in total. The van der Waals surface area contributed by atoms with Gasteiger partial charge in [-0.1, -0.05) is 0 Å². The fourth-order valence-electron chi connectivity index (χ4n) is 1.43. The molecule has 2 rings (SSSR count). The number of hydrogen-bond donors (Lipinski definition) is 2. The zero-order chi connectivity index (χ0) is 14.0. The van der Waals surface area contributed by atoms with Crippen LogP contribution in [0.25, 0.3) is 0 Å². The monoisotopic (exact) mass is 326 g/mol. The molecular formula is C13H9BrF2N2O. The van der Waals surface area contributed by atoms with Crippen molar-refractivity contribution >= 4 is 21.8 Å². The normalized spacial score (nSPS) is 10.3. The van der Waals surface area contributed by atoms with Crippen LogP contribution in [-0.4, -0.2) is 5.84 Å². The highest BCUT2D eigenvalue weighted by Gasteiger charge is 2.10. The minimum absolute atomic E-state index is 0.0303. The number of amidine groups is 1. The summed E-state index contributed by atoms with van der Waals surface area (Å²) in [6.07, 6.45) is 0. The highest BCUT2D eigenvalue weighted by Crippen LogP contribution is 2.31. The van der Waals surface area contributed by atoms with Gasteiger partial charge < -0.3 is 10.5 Å². The van der Waals surface area contributed by atoms with Crippen LogP contribution in [0.3, 0.4) is 0 Å². The third-order valence-corrected chi connectivity index (χ3v) is 2.98. The maximum absolute atomic E-state index is 13.7. The minimum Gasteiger partial charge on any atom is -0.453 e. The largest absolute Gasteiger partial charge is 0.453 e. The van der Waals surface area contributed by atoms with Gasteiger partial charge in [0, 0.05) is 5.56 Å². The summed E-state index contributed by atoms with van der Waals surface area (Å²) in [6, 6.07) is 7.76. The number of halogens is 3. The first-order valence-corrected chi connectivity index (χ1v) is 6.03. The van der Waals surface area contributed by atoms with E-state index in [1.165, 1.54) is 30.3 Å². The first-order chi connectivity index (χ1) is 8.97. The summed E-state index contributed by atoms with van der Waals surface area (Å²) in [5.74, 6) is -1.04. The second-order valence-electron chi connectivity index (χ2n) is 3.74. The molecule has 0 bridgehead atoms. The van der Waals surface area contributed by atoms with Crippen molar-refractivity contribution in [2.24, 2.45) is 5.73 Å². The SMILES string of the molecule is N=C(N)c1ccc(Oc2ccc(F)cc2Br)c(F)c1. The highest BCUT2D eigenvalue weighted by molar-refractivity contribution is 9.10. The summed E-state index contributed by atoms with van der Waals surface area (Å²) in [6.45, 7) is 0. The van der Waals surface area contributed by atoms with Crippen molar-refractivity contribution in [2.45, 2.75) is 0 Å². The molecule has 2 aromatic rings. The lowest BCUT2D eigenvalue weighted by Gasteiger charge is -2.09. The van der Waals surface area contributed by atoms with Gasteiger partial charge in [0.1, 0.15) is 17.4 Å². The molecule has 0 aliphatic heterocycles. The molecule has 0 aliphatic carbocycles. The molecule has 0 atom stereocenters. The maximum Gasteiger partial charge on any atom is 0.166 e. The van der Waals surface area contributed by atoms with E-state index >= 15 is 0 Å². The third-order valence-electron chi connectivity index (χ3n) is 2.36. The number of nitrogens with two attached hydrogens (primary N) is 1. The summed E-state index contributed by atoms with van der Waals surface area (Å²) in [4.78, 5) is 0. The number of benzene rings is 2. The Balaban J connectivity index is 2.31. The van der Waals surface area contributed by atoms with Crippen molar-refractivity contribution < 1.29 is 13.5 Å². The Bertz CT molecular complexity index is 647. The molecule has 0 unspecified atom stereocenters. The topological polar surface area (TPSA) is 59.1 Å². The predicted molar refractivity (Wildman–Crippen MR) is 71.6 cm³/mol. The van der Waals surface area contributed by atoms with Gasteiger partial charge in [-0.05, 0) is 52.3 Å². The molecule has 98 valence electrons. The summed E-state index contributed by atoms with van der Waals surface area (Å²) in [7, 11) is 0. The van der Waals surface area contributed by atoms with Crippen LogP contribution in [0.2, 0.25) is 0 Å². The Hall–Kier alpha value is -1.95. The van der Waals surface area contributed by atoms with Crippen molar-refractivity contribution in [3.05, 3.63) is 58.1 Å². The maximum atomic E-state index is 13.7. The van der Waals surface area contributed by atoms with Crippen LogP contribution >= 0.6 is 15.9 Å². The number of nitrogen functional groups attached to an aromatic ring is 1. The van der Waals surface area contributed by atoms with Gasteiger partial charge in [0.25, 0.3) is 0 Å². The van der Waals surface area contributed by atoms with Crippen LogP contribution in [0.15, 0.2) is 40.9 Å². The summed E-state index contributed by atoms with van der Waals surface area (Å²) >= 11 is 3.13. The first kappa shape index (κ1) is 13.5. The zero-order valence-electron chi connectivity index (χ0n) is 9.58. The van der Waals surface area contributed by atoms with Gasteiger partial charge in [0.2, 0.25) is 0 Å². The number of nitrogens with one attached hydrogen (secondary N) is 1. The van der Waals surface area contributed by atoms with Crippen LogP contribution < -0.4 is 10.5 Å². The van der Waals surface area contributed by atoms with Crippen LogP contribution in [0, 0.1) is 17.0 Å². The smallest absolute Gasteiger partial charge is 0.166 e. The van der Waals surface area contributed by atoms with E-state index in [0.29, 0.717) is 4.47 Å². The first-order valence-electron chi connectivity index (χ1n) is 5.24. The molecule has 0 radical (unpaired) electrons. The Morgan fingerprint density at radius 1 is 1.11 bits per heavy atom. The van der Waals surface area contributed by atoms with Crippen molar-refractivity contribution in [1.82, 2.24) is 0 Å². The Morgan fingerprint density at radius 2 is 1.79 bits per heavy atom. The molecule has 0 spiro atoms. The quantitative estimate of drug-likeness (QED) is 0.665. The predicted octanol–water partition coefficient (Wildman–Crippen LogP) is 3.80. The molecule has 0 aromatic heterocycles. The third kappa shape index (κ3) is 3.08. The van der Waals surface area contributed by atoms with Gasteiger partial charge in [-0.25, -0.2) is 8.78 Å². The van der Waals surface area contributed by atoms with E-state index < -0.39 is 11.6 Å². The number of ether oxygens (including phenoxy) is 1. The Kier molecular flexibility index (Phi) is 3.80. The molecule has 6 heteroatoms. The molecular weight excluding hydrogens is 318 g/mol. The van der Waals surface area contributed by atoms with Crippen molar-refractivity contribution in [2.75, 3.05) is 0 Å². The highest BCUT2D eigenvalue weighted by atomic mass is 79.9. The van der Waals surface area contributed by atoms with Crippen LogP contribution in [0.5, 0.6) is 11.5 Å². The van der Waals surface area contributed by atoms with Crippen LogP contribution in [0.1, 0.15) is 5.56 Å². The van der Waals surface area contributed by atoms with E-state index in [9.17, 15) is 8.78 Å². The summed E-state index contributed by atoms with van der Waals surface area (Å²) in [5.41, 5.74) is 5.52. The van der Waals surface area contributed by atoms with E-state index in [4.69, 9.17) is 15.9 Å². The van der Waals surface area contributed by atoms with Gasteiger partial charge >= 0.3 is 0 Å². The summed E-state index contributed by atoms with van der Waals surface area (Å²) < 4.78 is 32.4. The molecule has 2 aromatic carbocycles. The average molecular weight is 327 g/mol. The van der Waals surface area contributed by atoms with Gasteiger partial charge in [-0.15, -0.1) is 0 Å². The second-order valence-corrected chi connectivity index (χ2v) is 4.59. The fourth-order valence-corrected chi connectivity index (χ4v) is 1.86.